The maximum absolute atomic E-state index is 12.0. The van der Waals surface area contributed by atoms with Crippen LogP contribution in [0.1, 0.15) is 5.56 Å². The molecule has 0 saturated carbocycles. The summed E-state index contributed by atoms with van der Waals surface area (Å²) in [6.07, 6.45) is 1.59. The molecule has 0 amide bonds. The highest BCUT2D eigenvalue weighted by molar-refractivity contribution is 5.46. The number of methoxy groups -OCH3 is 2. The van der Waals surface area contributed by atoms with E-state index in [1.54, 1.807) is 51.6 Å². The molecule has 1 aromatic carbocycles. The predicted molar refractivity (Wildman–Crippen MR) is 67.7 cm³/mol. The summed E-state index contributed by atoms with van der Waals surface area (Å²) in [6, 6.07) is 6.88. The second-order valence-corrected chi connectivity index (χ2v) is 3.80. The van der Waals surface area contributed by atoms with Gasteiger partial charge in [0, 0.05) is 30.0 Å². The quantitative estimate of drug-likeness (QED) is 0.824. The van der Waals surface area contributed by atoms with Gasteiger partial charge in [-0.1, -0.05) is 0 Å². The molecule has 2 rings (SSSR count). The molecule has 18 heavy (non-hydrogen) atoms. The molecule has 0 aliphatic rings. The molecular weight excluding hydrogens is 232 g/mol. The number of hydrogen-bond donors (Lipinski definition) is 0. The molecule has 0 aliphatic heterocycles. The molecule has 0 spiro atoms. The van der Waals surface area contributed by atoms with Crippen molar-refractivity contribution >= 4 is 0 Å². The van der Waals surface area contributed by atoms with Crippen LogP contribution in [0.5, 0.6) is 11.5 Å². The van der Waals surface area contributed by atoms with E-state index in [4.69, 9.17) is 9.47 Å². The third-order valence-corrected chi connectivity index (χ3v) is 2.62. The third kappa shape index (κ3) is 2.20. The van der Waals surface area contributed by atoms with Gasteiger partial charge < -0.3 is 9.47 Å². The van der Waals surface area contributed by atoms with Crippen molar-refractivity contribution in [2.24, 2.45) is 0 Å². The lowest BCUT2D eigenvalue weighted by Crippen LogP contribution is -2.22. The fraction of sp³-hybridized carbons (Fsp3) is 0.231. The van der Waals surface area contributed by atoms with Crippen LogP contribution in [0.25, 0.3) is 5.69 Å². The molecule has 94 valence electrons. The predicted octanol–water partition coefficient (Wildman–Crippen LogP) is 1.56. The van der Waals surface area contributed by atoms with Gasteiger partial charge in [0.1, 0.15) is 11.5 Å². The molecule has 0 atom stereocenters. The van der Waals surface area contributed by atoms with Gasteiger partial charge in [-0.05, 0) is 13.0 Å². The Bertz CT molecular complexity index is 598. The Labute approximate surface area is 105 Å². The zero-order valence-electron chi connectivity index (χ0n) is 10.5. The summed E-state index contributed by atoms with van der Waals surface area (Å²) in [5.74, 6) is 1.22. The van der Waals surface area contributed by atoms with Gasteiger partial charge in [0.15, 0.2) is 0 Å². The van der Waals surface area contributed by atoms with E-state index in [1.165, 1.54) is 4.68 Å². The highest BCUT2D eigenvalue weighted by atomic mass is 16.5. The molecule has 0 unspecified atom stereocenters. The first-order valence-electron chi connectivity index (χ1n) is 5.44. The minimum atomic E-state index is -0.159. The van der Waals surface area contributed by atoms with E-state index >= 15 is 0 Å². The van der Waals surface area contributed by atoms with E-state index in [-0.39, 0.29) is 5.56 Å². The average Bonchev–Trinajstić information content (AvgIpc) is 2.41. The van der Waals surface area contributed by atoms with Gasteiger partial charge in [-0.15, -0.1) is 0 Å². The van der Waals surface area contributed by atoms with Crippen LogP contribution in [0.3, 0.4) is 0 Å². The van der Waals surface area contributed by atoms with Gasteiger partial charge in [-0.3, -0.25) is 4.79 Å². The summed E-state index contributed by atoms with van der Waals surface area (Å²) >= 11 is 0. The van der Waals surface area contributed by atoms with Crippen LogP contribution in [0.15, 0.2) is 35.3 Å². The second kappa shape index (κ2) is 4.91. The molecule has 0 bridgehead atoms. The van der Waals surface area contributed by atoms with Gasteiger partial charge in [0.2, 0.25) is 0 Å². The van der Waals surface area contributed by atoms with Crippen molar-refractivity contribution in [2.45, 2.75) is 6.92 Å². The Balaban J connectivity index is 2.63. The van der Waals surface area contributed by atoms with Crippen LogP contribution >= 0.6 is 0 Å². The topological polar surface area (TPSA) is 53.4 Å². The zero-order valence-corrected chi connectivity index (χ0v) is 10.5. The fourth-order valence-corrected chi connectivity index (χ4v) is 1.60. The second-order valence-electron chi connectivity index (χ2n) is 3.80. The summed E-state index contributed by atoms with van der Waals surface area (Å²) < 4.78 is 11.7. The molecular formula is C13H14N2O3. The van der Waals surface area contributed by atoms with Crippen molar-refractivity contribution in [1.82, 2.24) is 9.78 Å². The van der Waals surface area contributed by atoms with Crippen LogP contribution in [0.2, 0.25) is 0 Å². The van der Waals surface area contributed by atoms with E-state index in [1.807, 2.05) is 0 Å². The van der Waals surface area contributed by atoms with Gasteiger partial charge in [0.25, 0.3) is 5.56 Å². The molecule has 2 aromatic rings. The van der Waals surface area contributed by atoms with Gasteiger partial charge in [-0.2, -0.15) is 9.78 Å². The highest BCUT2D eigenvalue weighted by Gasteiger charge is 2.07. The monoisotopic (exact) mass is 246 g/mol. The van der Waals surface area contributed by atoms with Crippen molar-refractivity contribution in [3.05, 3.63) is 46.4 Å². The molecule has 5 nitrogen and oxygen atoms in total. The lowest BCUT2D eigenvalue weighted by atomic mass is 10.2. The van der Waals surface area contributed by atoms with Crippen LogP contribution in [-0.2, 0) is 0 Å². The van der Waals surface area contributed by atoms with E-state index < -0.39 is 0 Å². The first-order chi connectivity index (χ1) is 8.65. The Hall–Kier alpha value is -2.30. The zero-order chi connectivity index (χ0) is 13.1. The molecule has 0 radical (unpaired) electrons. The molecule has 0 saturated heterocycles. The van der Waals surface area contributed by atoms with Crippen molar-refractivity contribution in [1.29, 1.82) is 0 Å². The van der Waals surface area contributed by atoms with Crippen LogP contribution in [0, 0.1) is 6.92 Å². The maximum Gasteiger partial charge on any atom is 0.274 e. The Morgan fingerprint density at radius 1 is 1.11 bits per heavy atom. The minimum absolute atomic E-state index is 0.159. The van der Waals surface area contributed by atoms with Gasteiger partial charge in [0.05, 0.1) is 19.9 Å². The normalized spacial score (nSPS) is 10.2. The number of benzene rings is 1. The maximum atomic E-state index is 12.0. The summed E-state index contributed by atoms with van der Waals surface area (Å²) in [6.45, 7) is 1.75. The van der Waals surface area contributed by atoms with Crippen LogP contribution < -0.4 is 15.0 Å². The van der Waals surface area contributed by atoms with Crippen LogP contribution in [-0.4, -0.2) is 24.0 Å². The largest absolute Gasteiger partial charge is 0.497 e. The lowest BCUT2D eigenvalue weighted by molar-refractivity contribution is 0.393. The third-order valence-electron chi connectivity index (χ3n) is 2.62. The smallest absolute Gasteiger partial charge is 0.274 e. The number of nitrogens with zero attached hydrogens (tertiary/aromatic N) is 2. The Morgan fingerprint density at radius 2 is 1.72 bits per heavy atom. The number of aryl methyl sites for hydroxylation is 1. The molecule has 1 aromatic heterocycles. The summed E-state index contributed by atoms with van der Waals surface area (Å²) in [5, 5.41) is 4.05. The summed E-state index contributed by atoms with van der Waals surface area (Å²) in [4.78, 5) is 12.0. The van der Waals surface area contributed by atoms with E-state index in [9.17, 15) is 4.79 Å². The van der Waals surface area contributed by atoms with Crippen molar-refractivity contribution in [2.75, 3.05) is 14.2 Å². The average molecular weight is 246 g/mol. The lowest BCUT2D eigenvalue weighted by Gasteiger charge is -2.09. The Morgan fingerprint density at radius 3 is 2.28 bits per heavy atom. The number of rotatable bonds is 3. The number of aromatic nitrogens is 2. The molecule has 1 heterocycles. The SMILES string of the molecule is COc1cc(OC)cc(-n2nccc(C)c2=O)c1. The first kappa shape index (κ1) is 12.2. The standard InChI is InChI=1S/C13H14N2O3/c1-9-4-5-14-15(13(9)16)10-6-11(17-2)8-12(7-10)18-3/h4-8H,1-3H3. The summed E-state index contributed by atoms with van der Waals surface area (Å²) in [7, 11) is 3.12. The van der Waals surface area contributed by atoms with Gasteiger partial charge >= 0.3 is 0 Å². The van der Waals surface area contributed by atoms with E-state index in [0.29, 0.717) is 22.7 Å². The fourth-order valence-electron chi connectivity index (χ4n) is 1.60. The Kier molecular flexibility index (Phi) is 3.32. The van der Waals surface area contributed by atoms with Crippen molar-refractivity contribution in [3.8, 4) is 17.2 Å². The number of ether oxygens (including phenoxy) is 2. The first-order valence-corrected chi connectivity index (χ1v) is 5.44. The summed E-state index contributed by atoms with van der Waals surface area (Å²) in [5.41, 5.74) is 1.08. The van der Waals surface area contributed by atoms with Crippen molar-refractivity contribution < 1.29 is 9.47 Å². The molecule has 0 fully saturated rings. The highest BCUT2D eigenvalue weighted by Crippen LogP contribution is 2.23. The number of hydrogen-bond acceptors (Lipinski definition) is 4. The molecule has 5 heteroatoms. The molecule has 0 aliphatic carbocycles. The van der Waals surface area contributed by atoms with Gasteiger partial charge in [-0.25, -0.2) is 0 Å². The minimum Gasteiger partial charge on any atom is -0.497 e. The molecule has 0 N–H and O–H groups in total. The van der Waals surface area contributed by atoms with Crippen molar-refractivity contribution in [3.63, 3.8) is 0 Å². The van der Waals surface area contributed by atoms with Crippen LogP contribution in [0.4, 0.5) is 0 Å². The van der Waals surface area contributed by atoms with E-state index in [0.717, 1.165) is 0 Å². The van der Waals surface area contributed by atoms with E-state index in [2.05, 4.69) is 5.10 Å².